The first-order valence-electron chi connectivity index (χ1n) is 10.6. The van der Waals surface area contributed by atoms with Gasteiger partial charge in [-0.25, -0.2) is 4.79 Å². The van der Waals surface area contributed by atoms with Gasteiger partial charge in [-0.1, -0.05) is 67.9 Å². The number of aliphatic hydroxyl groups excluding tert-OH is 1. The molecule has 7 heteroatoms. The highest BCUT2D eigenvalue weighted by Gasteiger charge is 2.54. The van der Waals surface area contributed by atoms with Gasteiger partial charge >= 0.3 is 5.97 Å². The fourth-order valence-electron chi connectivity index (χ4n) is 3.78. The molecule has 1 aliphatic heterocycles. The van der Waals surface area contributed by atoms with Gasteiger partial charge in [0.1, 0.15) is 6.04 Å². The van der Waals surface area contributed by atoms with Crippen LogP contribution in [0.3, 0.4) is 0 Å². The number of aliphatic carboxylic acids is 1. The van der Waals surface area contributed by atoms with Crippen molar-refractivity contribution in [2.45, 2.75) is 52.0 Å². The van der Waals surface area contributed by atoms with E-state index in [9.17, 15) is 19.8 Å². The molecule has 3 unspecified atom stereocenters. The van der Waals surface area contributed by atoms with Crippen LogP contribution in [0.25, 0.3) is 0 Å². The minimum Gasteiger partial charge on any atom is -0.480 e. The van der Waals surface area contributed by atoms with Gasteiger partial charge in [0.05, 0.1) is 5.92 Å². The lowest BCUT2D eigenvalue weighted by atomic mass is 9.82. The van der Waals surface area contributed by atoms with Crippen LogP contribution in [-0.2, 0) is 16.0 Å². The van der Waals surface area contributed by atoms with Crippen molar-refractivity contribution in [1.29, 1.82) is 0 Å². The summed E-state index contributed by atoms with van der Waals surface area (Å²) in [5, 5.41) is 21.0. The summed E-state index contributed by atoms with van der Waals surface area (Å²) in [6, 6.07) is 15.6. The summed E-state index contributed by atoms with van der Waals surface area (Å²) in [7, 11) is 1.67. The van der Waals surface area contributed by atoms with Crippen molar-refractivity contribution in [3.8, 4) is 0 Å². The molecule has 1 amide bonds. The van der Waals surface area contributed by atoms with Crippen LogP contribution in [0.2, 0.25) is 5.02 Å². The number of amides is 1. The molecule has 1 fully saturated rings. The quantitative estimate of drug-likeness (QED) is 0.469. The second kappa shape index (κ2) is 11.3. The van der Waals surface area contributed by atoms with Crippen molar-refractivity contribution in [2.24, 2.45) is 5.92 Å². The van der Waals surface area contributed by atoms with Crippen LogP contribution >= 0.6 is 11.6 Å². The number of nitrogens with zero attached hydrogens (tertiary/aromatic N) is 2. The summed E-state index contributed by atoms with van der Waals surface area (Å²) in [6.45, 7) is 5.90. The fraction of sp³-hybridized carbons (Fsp3) is 0.417. The summed E-state index contributed by atoms with van der Waals surface area (Å²) in [4.78, 5) is 27.2. The zero-order chi connectivity index (χ0) is 23.1. The Labute approximate surface area is 189 Å². The van der Waals surface area contributed by atoms with E-state index >= 15 is 0 Å². The molecule has 0 aliphatic carbocycles. The van der Waals surface area contributed by atoms with Crippen LogP contribution in [0, 0.1) is 5.92 Å². The number of halogens is 1. The van der Waals surface area contributed by atoms with Crippen LogP contribution in [0.4, 0.5) is 0 Å². The maximum atomic E-state index is 12.7. The molecule has 3 rings (SSSR count). The van der Waals surface area contributed by atoms with E-state index in [-0.39, 0.29) is 11.9 Å². The molecule has 0 bridgehead atoms. The molecule has 4 atom stereocenters. The molecule has 1 aliphatic rings. The highest BCUT2D eigenvalue weighted by atomic mass is 35.5. The van der Waals surface area contributed by atoms with E-state index in [1.165, 1.54) is 0 Å². The van der Waals surface area contributed by atoms with Crippen molar-refractivity contribution in [3.05, 3.63) is 70.7 Å². The van der Waals surface area contributed by atoms with E-state index in [1.807, 2.05) is 69.3 Å². The third kappa shape index (κ3) is 5.64. The Hall–Kier alpha value is -2.41. The lowest BCUT2D eigenvalue weighted by Crippen LogP contribution is -2.70. The van der Waals surface area contributed by atoms with E-state index in [0.29, 0.717) is 17.9 Å². The SMILES string of the molecule is CC.CC(c1ccccc1)N(C)C(O)N1C(=O)[C@H](CCc2cccc(Cl)c2)C1C(=O)O. The number of carboxylic acids is 1. The molecule has 31 heavy (non-hydrogen) atoms. The molecule has 0 spiro atoms. The first-order valence-corrected chi connectivity index (χ1v) is 10.9. The molecule has 0 aromatic heterocycles. The van der Waals surface area contributed by atoms with Crippen molar-refractivity contribution in [2.75, 3.05) is 7.05 Å². The number of likely N-dealkylation sites (tertiary alicyclic amines) is 1. The van der Waals surface area contributed by atoms with Crippen molar-refractivity contribution in [1.82, 2.24) is 9.80 Å². The molecule has 1 saturated heterocycles. The molecule has 2 aromatic rings. The third-order valence-corrected chi connectivity index (χ3v) is 5.88. The lowest BCUT2D eigenvalue weighted by Gasteiger charge is -2.49. The highest BCUT2D eigenvalue weighted by Crippen LogP contribution is 2.35. The number of hydrogen-bond donors (Lipinski definition) is 2. The van der Waals surface area contributed by atoms with Gasteiger partial charge in [0, 0.05) is 11.1 Å². The number of rotatable bonds is 8. The van der Waals surface area contributed by atoms with Gasteiger partial charge in [0.2, 0.25) is 5.91 Å². The number of benzene rings is 2. The Bertz CT molecular complexity index is 877. The summed E-state index contributed by atoms with van der Waals surface area (Å²) >= 11 is 5.99. The van der Waals surface area contributed by atoms with Gasteiger partial charge in [-0.3, -0.25) is 14.6 Å². The molecule has 0 saturated carbocycles. The number of hydrogen-bond acceptors (Lipinski definition) is 4. The van der Waals surface area contributed by atoms with Crippen LogP contribution in [0.15, 0.2) is 54.6 Å². The van der Waals surface area contributed by atoms with E-state index in [2.05, 4.69) is 0 Å². The van der Waals surface area contributed by atoms with E-state index in [4.69, 9.17) is 11.6 Å². The van der Waals surface area contributed by atoms with Gasteiger partial charge in [-0.2, -0.15) is 0 Å². The first kappa shape index (κ1) is 24.9. The number of carbonyl (C=O) groups is 2. The molecule has 6 nitrogen and oxygen atoms in total. The summed E-state index contributed by atoms with van der Waals surface area (Å²) in [5.41, 5.74) is 1.91. The van der Waals surface area contributed by atoms with Crippen LogP contribution in [-0.4, -0.2) is 51.3 Å². The fourth-order valence-corrected chi connectivity index (χ4v) is 4.00. The smallest absolute Gasteiger partial charge is 0.327 e. The predicted molar refractivity (Wildman–Crippen MR) is 122 cm³/mol. The maximum absolute atomic E-state index is 12.7. The minimum atomic E-state index is -1.32. The third-order valence-electron chi connectivity index (χ3n) is 5.64. The van der Waals surface area contributed by atoms with Crippen molar-refractivity contribution in [3.63, 3.8) is 0 Å². The zero-order valence-electron chi connectivity index (χ0n) is 18.4. The van der Waals surface area contributed by atoms with Gasteiger partial charge in [0.25, 0.3) is 0 Å². The average molecular weight is 447 g/mol. The Morgan fingerprint density at radius 3 is 2.39 bits per heavy atom. The number of aliphatic hydroxyl groups is 1. The molecular formula is C24H31ClN2O4. The molecule has 2 N–H and O–H groups in total. The average Bonchev–Trinajstić information content (AvgIpc) is 2.78. The number of carboxylic acid groups (broad SMARTS) is 1. The topological polar surface area (TPSA) is 81.1 Å². The van der Waals surface area contributed by atoms with Gasteiger partial charge in [-0.15, -0.1) is 0 Å². The van der Waals surface area contributed by atoms with Crippen LogP contribution in [0.1, 0.15) is 44.4 Å². The van der Waals surface area contributed by atoms with Crippen molar-refractivity contribution < 1.29 is 19.8 Å². The molecular weight excluding hydrogens is 416 g/mol. The van der Waals surface area contributed by atoms with E-state index in [0.717, 1.165) is 16.0 Å². The summed E-state index contributed by atoms with van der Waals surface area (Å²) < 4.78 is 0. The Morgan fingerprint density at radius 2 is 1.81 bits per heavy atom. The molecule has 168 valence electrons. The monoisotopic (exact) mass is 446 g/mol. The second-order valence-electron chi connectivity index (χ2n) is 7.40. The van der Waals surface area contributed by atoms with Crippen LogP contribution < -0.4 is 0 Å². The van der Waals surface area contributed by atoms with E-state index in [1.54, 1.807) is 18.0 Å². The highest BCUT2D eigenvalue weighted by molar-refractivity contribution is 6.30. The Kier molecular flexibility index (Phi) is 9.04. The first-order chi connectivity index (χ1) is 14.8. The largest absolute Gasteiger partial charge is 0.480 e. The van der Waals surface area contributed by atoms with Gasteiger partial charge in [0.15, 0.2) is 6.35 Å². The normalized spacial score (nSPS) is 19.8. The summed E-state index contributed by atoms with van der Waals surface area (Å²) in [5.74, 6) is -2.12. The number of aryl methyl sites for hydroxylation is 1. The molecule has 2 aromatic carbocycles. The maximum Gasteiger partial charge on any atom is 0.327 e. The second-order valence-corrected chi connectivity index (χ2v) is 7.84. The minimum absolute atomic E-state index is 0.195. The molecule has 0 radical (unpaired) electrons. The van der Waals surface area contributed by atoms with Gasteiger partial charge < -0.3 is 10.2 Å². The Morgan fingerprint density at radius 1 is 1.16 bits per heavy atom. The van der Waals surface area contributed by atoms with Crippen LogP contribution in [0.5, 0.6) is 0 Å². The lowest BCUT2D eigenvalue weighted by molar-refractivity contribution is -0.208. The summed E-state index contributed by atoms with van der Waals surface area (Å²) in [6.07, 6.45) is -0.389. The van der Waals surface area contributed by atoms with E-state index < -0.39 is 24.3 Å². The molecule has 1 heterocycles. The predicted octanol–water partition coefficient (Wildman–Crippen LogP) is 4.18. The standard InChI is InChI=1S/C22H25ClN2O4.C2H6/c1-14(16-8-4-3-5-9-16)24(2)22(29)25-19(21(27)28)18(20(25)26)12-11-15-7-6-10-17(23)13-15;1-2/h3-10,13-14,18-19,22,29H,11-12H2,1-2H3,(H,27,28);1-2H3/t14?,18-,19?,22?;/m1./s1. The Balaban J connectivity index is 0.00000166. The zero-order valence-corrected chi connectivity index (χ0v) is 19.2. The van der Waals surface area contributed by atoms with Crippen molar-refractivity contribution >= 4 is 23.5 Å². The number of β-lactam (4-membered cyclic amide) rings is 1. The number of carbonyl (C=O) groups excluding carboxylic acids is 1. The van der Waals surface area contributed by atoms with Gasteiger partial charge in [-0.05, 0) is 50.1 Å².